The largest absolute Gasteiger partial charge is 0.478 e. The monoisotopic (exact) mass is 422 g/mol. The van der Waals surface area contributed by atoms with Crippen molar-refractivity contribution >= 4 is 11.8 Å². The van der Waals surface area contributed by atoms with Crippen molar-refractivity contribution in [3.63, 3.8) is 0 Å². The van der Waals surface area contributed by atoms with Gasteiger partial charge in [-0.2, -0.15) is 0 Å². The zero-order chi connectivity index (χ0) is 21.8. The van der Waals surface area contributed by atoms with Crippen molar-refractivity contribution in [3.8, 4) is 0 Å². The van der Waals surface area contributed by atoms with Crippen LogP contribution >= 0.6 is 0 Å². The Bertz CT molecular complexity index is 867. The van der Waals surface area contributed by atoms with E-state index in [0.717, 1.165) is 44.1 Å². The minimum Gasteiger partial charge on any atom is -0.478 e. The summed E-state index contributed by atoms with van der Waals surface area (Å²) in [5, 5.41) is 9.82. The average Bonchev–Trinajstić information content (AvgIpc) is 3.15. The first-order chi connectivity index (χ1) is 14.9. The Morgan fingerprint density at radius 3 is 2.55 bits per heavy atom. The van der Waals surface area contributed by atoms with E-state index < -0.39 is 5.97 Å². The molecule has 3 nitrogen and oxygen atoms in total. The van der Waals surface area contributed by atoms with Gasteiger partial charge in [-0.3, -0.25) is 4.79 Å². The molecule has 4 aliphatic rings. The molecule has 0 radical (unpaired) electrons. The van der Waals surface area contributed by atoms with E-state index in [0.29, 0.717) is 35.0 Å². The summed E-state index contributed by atoms with van der Waals surface area (Å²) < 4.78 is 0. The zero-order valence-electron chi connectivity index (χ0n) is 19.2. The predicted octanol–water partition coefficient (Wildman–Crippen LogP) is 6.64. The van der Waals surface area contributed by atoms with Gasteiger partial charge in [0.2, 0.25) is 0 Å². The smallest absolute Gasteiger partial charge is 0.335 e. The molecule has 4 aliphatic carbocycles. The Morgan fingerprint density at radius 1 is 1.03 bits per heavy atom. The third-order valence-electron chi connectivity index (χ3n) is 10.1. The van der Waals surface area contributed by atoms with Crippen LogP contribution in [0.15, 0.2) is 18.2 Å². The normalized spacial score (nSPS) is 36.2. The minimum atomic E-state index is -0.786. The second-order valence-corrected chi connectivity index (χ2v) is 11.4. The lowest BCUT2D eigenvalue weighted by molar-refractivity contribution is -0.133. The van der Waals surface area contributed by atoms with Crippen LogP contribution in [0.3, 0.4) is 0 Å². The molecule has 3 fully saturated rings. The number of rotatable bonds is 4. The molecule has 3 saturated carbocycles. The first-order valence-electron chi connectivity index (χ1n) is 12.8. The SMILES string of the molecule is CC(C(=O)[C@H]1CC[C@H]2[C@@H]3CCc4cccc(C(=O)O)c4[C@H]3CC[C@]12C)C1CCCCC1. The van der Waals surface area contributed by atoms with Gasteiger partial charge in [-0.1, -0.05) is 45.2 Å². The second kappa shape index (κ2) is 8.05. The quantitative estimate of drug-likeness (QED) is 0.591. The van der Waals surface area contributed by atoms with Crippen LogP contribution in [0.5, 0.6) is 0 Å². The minimum absolute atomic E-state index is 0.108. The molecule has 0 amide bonds. The maximum atomic E-state index is 13.7. The summed E-state index contributed by atoms with van der Waals surface area (Å²) in [5.74, 6) is 2.25. The van der Waals surface area contributed by atoms with E-state index in [1.54, 1.807) is 6.07 Å². The number of carbonyl (C=O) groups is 2. The van der Waals surface area contributed by atoms with Gasteiger partial charge in [-0.25, -0.2) is 4.79 Å². The predicted molar refractivity (Wildman–Crippen MR) is 122 cm³/mol. The Hall–Kier alpha value is -1.64. The van der Waals surface area contributed by atoms with E-state index in [9.17, 15) is 14.7 Å². The number of fused-ring (bicyclic) bond motifs is 5. The highest BCUT2D eigenvalue weighted by Crippen LogP contribution is 2.63. The highest BCUT2D eigenvalue weighted by molar-refractivity contribution is 5.90. The second-order valence-electron chi connectivity index (χ2n) is 11.4. The van der Waals surface area contributed by atoms with Crippen molar-refractivity contribution in [1.29, 1.82) is 0 Å². The molecule has 0 aromatic heterocycles. The highest BCUT2D eigenvalue weighted by atomic mass is 16.4. The van der Waals surface area contributed by atoms with Gasteiger partial charge < -0.3 is 5.11 Å². The maximum absolute atomic E-state index is 13.7. The van der Waals surface area contributed by atoms with Crippen LogP contribution in [-0.2, 0) is 11.2 Å². The lowest BCUT2D eigenvalue weighted by atomic mass is 9.53. The van der Waals surface area contributed by atoms with Gasteiger partial charge in [0.1, 0.15) is 5.78 Å². The Labute approximate surface area is 187 Å². The fourth-order valence-corrected chi connectivity index (χ4v) is 8.48. The van der Waals surface area contributed by atoms with E-state index in [4.69, 9.17) is 0 Å². The molecule has 0 spiro atoms. The van der Waals surface area contributed by atoms with E-state index in [1.807, 2.05) is 6.07 Å². The van der Waals surface area contributed by atoms with E-state index in [2.05, 4.69) is 19.9 Å². The van der Waals surface area contributed by atoms with Gasteiger partial charge in [0.25, 0.3) is 0 Å². The summed E-state index contributed by atoms with van der Waals surface area (Å²) in [6.45, 7) is 4.63. The molecule has 5 rings (SSSR count). The van der Waals surface area contributed by atoms with Crippen molar-refractivity contribution in [2.45, 2.75) is 90.4 Å². The van der Waals surface area contributed by atoms with Gasteiger partial charge in [-0.15, -0.1) is 0 Å². The standard InChI is InChI=1S/C28H38O3/c1-17(18-7-4-3-5-8-18)26(29)24-14-13-23-20-12-11-19-9-6-10-22(27(30)31)25(19)21(20)15-16-28(23,24)2/h6,9-10,17-18,20-21,23-24H,3-5,7-8,11-16H2,1-2H3,(H,30,31)/t17?,20-,21+,23+,24-,28+/m1/s1. The lowest BCUT2D eigenvalue weighted by Gasteiger charge is -2.51. The first kappa shape index (κ1) is 21.2. The first-order valence-corrected chi connectivity index (χ1v) is 12.8. The van der Waals surface area contributed by atoms with Gasteiger partial charge in [0, 0.05) is 11.8 Å². The fourth-order valence-electron chi connectivity index (χ4n) is 8.48. The van der Waals surface area contributed by atoms with Crippen LogP contribution in [0.4, 0.5) is 0 Å². The molecule has 0 aliphatic heterocycles. The van der Waals surface area contributed by atoms with Crippen molar-refractivity contribution in [3.05, 3.63) is 34.9 Å². The molecule has 1 unspecified atom stereocenters. The number of hydrogen-bond donors (Lipinski definition) is 1. The number of carboxylic acids is 1. The summed E-state index contributed by atoms with van der Waals surface area (Å²) in [5.41, 5.74) is 3.00. The fraction of sp³-hybridized carbons (Fsp3) is 0.714. The number of ketones is 1. The topological polar surface area (TPSA) is 54.4 Å². The van der Waals surface area contributed by atoms with Crippen molar-refractivity contribution in [1.82, 2.24) is 0 Å². The molecular weight excluding hydrogens is 384 g/mol. The summed E-state index contributed by atoms with van der Waals surface area (Å²) in [6, 6.07) is 5.84. The van der Waals surface area contributed by atoms with Gasteiger partial charge in [-0.05, 0) is 97.6 Å². The summed E-state index contributed by atoms with van der Waals surface area (Å²) in [4.78, 5) is 25.7. The van der Waals surface area contributed by atoms with E-state index in [-0.39, 0.29) is 17.3 Å². The molecule has 168 valence electrons. The van der Waals surface area contributed by atoms with E-state index in [1.165, 1.54) is 37.7 Å². The molecule has 0 saturated heterocycles. The van der Waals surface area contributed by atoms with Crippen LogP contribution in [0.2, 0.25) is 0 Å². The third-order valence-corrected chi connectivity index (χ3v) is 10.1. The number of benzene rings is 1. The van der Waals surface area contributed by atoms with Crippen LogP contribution in [0, 0.1) is 35.0 Å². The van der Waals surface area contributed by atoms with Crippen LogP contribution in [-0.4, -0.2) is 16.9 Å². The Balaban J connectivity index is 1.40. The van der Waals surface area contributed by atoms with Crippen molar-refractivity contribution < 1.29 is 14.7 Å². The molecule has 3 heteroatoms. The Kier molecular flexibility index (Phi) is 5.51. The lowest BCUT2D eigenvalue weighted by Crippen LogP contribution is -2.45. The molecular formula is C28H38O3. The summed E-state index contributed by atoms with van der Waals surface area (Å²) in [7, 11) is 0. The van der Waals surface area contributed by atoms with E-state index >= 15 is 0 Å². The van der Waals surface area contributed by atoms with Gasteiger partial charge in [0.05, 0.1) is 5.56 Å². The summed E-state index contributed by atoms with van der Waals surface area (Å²) >= 11 is 0. The number of Topliss-reactive ketones (excluding diaryl/α,β-unsaturated/α-hetero) is 1. The molecule has 0 bridgehead atoms. The zero-order valence-corrected chi connectivity index (χ0v) is 19.2. The average molecular weight is 423 g/mol. The number of aryl methyl sites for hydroxylation is 1. The number of hydrogen-bond acceptors (Lipinski definition) is 2. The summed E-state index contributed by atoms with van der Waals surface area (Å²) in [6.07, 6.45) is 12.8. The maximum Gasteiger partial charge on any atom is 0.335 e. The number of carbonyl (C=O) groups excluding carboxylic acids is 1. The molecule has 1 aromatic carbocycles. The van der Waals surface area contributed by atoms with Crippen molar-refractivity contribution in [2.75, 3.05) is 0 Å². The molecule has 1 N–H and O–H groups in total. The molecule has 6 atom stereocenters. The van der Waals surface area contributed by atoms with Gasteiger partial charge >= 0.3 is 5.97 Å². The Morgan fingerprint density at radius 2 is 1.81 bits per heavy atom. The van der Waals surface area contributed by atoms with Crippen molar-refractivity contribution in [2.24, 2.45) is 35.0 Å². The number of carboxylic acid groups (broad SMARTS) is 1. The van der Waals surface area contributed by atoms with Crippen LogP contribution in [0.25, 0.3) is 0 Å². The molecule has 0 heterocycles. The van der Waals surface area contributed by atoms with Crippen LogP contribution < -0.4 is 0 Å². The number of aromatic carboxylic acids is 1. The van der Waals surface area contributed by atoms with Crippen LogP contribution in [0.1, 0.15) is 105 Å². The molecule has 31 heavy (non-hydrogen) atoms. The van der Waals surface area contributed by atoms with Gasteiger partial charge in [0.15, 0.2) is 0 Å². The third kappa shape index (κ3) is 3.38. The highest BCUT2D eigenvalue weighted by Gasteiger charge is 2.57. The molecule has 1 aromatic rings.